The molecule has 0 spiro atoms. The molecule has 1 unspecified atom stereocenters. The summed E-state index contributed by atoms with van der Waals surface area (Å²) < 4.78 is 0. The molecule has 0 aromatic carbocycles. The summed E-state index contributed by atoms with van der Waals surface area (Å²) in [5.41, 5.74) is 7.82. The molecule has 0 aliphatic carbocycles. The van der Waals surface area contributed by atoms with Crippen LogP contribution in [0.1, 0.15) is 31.0 Å². The molecule has 1 fully saturated rings. The van der Waals surface area contributed by atoms with Crippen molar-refractivity contribution in [3.05, 3.63) is 11.3 Å². The van der Waals surface area contributed by atoms with Crippen LogP contribution in [0.5, 0.6) is 0 Å². The molecule has 0 bridgehead atoms. The Hall–Kier alpha value is -1.40. The number of rotatable bonds is 6. The largest absolute Gasteiger partial charge is 0.396 e. The number of aryl methyl sites for hydroxylation is 1. The van der Waals surface area contributed by atoms with Crippen LogP contribution in [0.4, 0.5) is 11.8 Å². The normalized spacial score (nSPS) is 19.7. The van der Waals surface area contributed by atoms with Gasteiger partial charge in [0.2, 0.25) is 5.95 Å². The lowest BCUT2D eigenvalue weighted by Crippen LogP contribution is -2.39. The Bertz CT molecular complexity index is 466. The average molecular weight is 293 g/mol. The Morgan fingerprint density at radius 1 is 1.43 bits per heavy atom. The number of aromatic nitrogens is 2. The van der Waals surface area contributed by atoms with Crippen molar-refractivity contribution in [2.24, 2.45) is 5.92 Å². The van der Waals surface area contributed by atoms with Crippen molar-refractivity contribution in [1.82, 2.24) is 14.9 Å². The van der Waals surface area contributed by atoms with E-state index >= 15 is 0 Å². The third kappa shape index (κ3) is 4.28. The Morgan fingerprint density at radius 2 is 2.24 bits per heavy atom. The third-order valence-corrected chi connectivity index (χ3v) is 4.17. The van der Waals surface area contributed by atoms with Crippen LogP contribution in [-0.2, 0) is 6.42 Å². The molecule has 0 radical (unpaired) electrons. The summed E-state index contributed by atoms with van der Waals surface area (Å²) in [5.74, 6) is 1.62. The number of anilines is 2. The van der Waals surface area contributed by atoms with Crippen molar-refractivity contribution < 1.29 is 5.11 Å². The van der Waals surface area contributed by atoms with Gasteiger partial charge in [0.1, 0.15) is 5.82 Å². The minimum atomic E-state index is 0.297. The summed E-state index contributed by atoms with van der Waals surface area (Å²) in [5, 5.41) is 12.7. The highest BCUT2D eigenvalue weighted by Crippen LogP contribution is 2.18. The first kappa shape index (κ1) is 16.0. The zero-order valence-electron chi connectivity index (χ0n) is 13.1. The fourth-order valence-corrected chi connectivity index (χ4v) is 3.02. The third-order valence-electron chi connectivity index (χ3n) is 4.17. The standard InChI is InChI=1S/C15H27N5O/c1-3-13-11(2)18-15(16)19-14(13)17-6-8-20-7-4-5-12(9-20)10-21/h12,21H,3-10H2,1-2H3,(H3,16,17,18,19). The molecule has 4 N–H and O–H groups in total. The lowest BCUT2D eigenvalue weighted by Gasteiger charge is -2.31. The highest BCUT2D eigenvalue weighted by Gasteiger charge is 2.18. The number of piperidine rings is 1. The summed E-state index contributed by atoms with van der Waals surface area (Å²) >= 11 is 0. The van der Waals surface area contributed by atoms with E-state index in [-0.39, 0.29) is 0 Å². The van der Waals surface area contributed by atoms with Crippen molar-refractivity contribution in [3.63, 3.8) is 0 Å². The summed E-state index contributed by atoms with van der Waals surface area (Å²) in [6.07, 6.45) is 3.21. The molecule has 2 heterocycles. The molecule has 0 saturated carbocycles. The van der Waals surface area contributed by atoms with Crippen LogP contribution in [0.2, 0.25) is 0 Å². The topological polar surface area (TPSA) is 87.3 Å². The zero-order valence-corrected chi connectivity index (χ0v) is 13.1. The number of hydrogen-bond acceptors (Lipinski definition) is 6. The van der Waals surface area contributed by atoms with Crippen LogP contribution in [0.3, 0.4) is 0 Å². The van der Waals surface area contributed by atoms with E-state index in [9.17, 15) is 5.11 Å². The lowest BCUT2D eigenvalue weighted by atomic mass is 9.99. The van der Waals surface area contributed by atoms with Crippen molar-refractivity contribution in [1.29, 1.82) is 0 Å². The number of aliphatic hydroxyl groups excluding tert-OH is 1. The molecular formula is C15H27N5O. The van der Waals surface area contributed by atoms with E-state index in [1.54, 1.807) is 0 Å². The van der Waals surface area contributed by atoms with Gasteiger partial charge < -0.3 is 21.1 Å². The highest BCUT2D eigenvalue weighted by atomic mass is 16.3. The molecule has 21 heavy (non-hydrogen) atoms. The van der Waals surface area contributed by atoms with Gasteiger partial charge in [-0.1, -0.05) is 6.92 Å². The van der Waals surface area contributed by atoms with Gasteiger partial charge >= 0.3 is 0 Å². The number of hydrogen-bond donors (Lipinski definition) is 3. The van der Waals surface area contributed by atoms with Crippen molar-refractivity contribution in [2.45, 2.75) is 33.1 Å². The molecule has 1 atom stereocenters. The van der Waals surface area contributed by atoms with E-state index in [1.165, 1.54) is 6.42 Å². The molecule has 1 aliphatic rings. The molecule has 118 valence electrons. The number of nitrogens with zero attached hydrogens (tertiary/aromatic N) is 3. The minimum absolute atomic E-state index is 0.297. The Balaban J connectivity index is 1.88. The first-order chi connectivity index (χ1) is 10.1. The van der Waals surface area contributed by atoms with Crippen LogP contribution >= 0.6 is 0 Å². The van der Waals surface area contributed by atoms with Gasteiger partial charge in [0.25, 0.3) is 0 Å². The van der Waals surface area contributed by atoms with Crippen LogP contribution in [0.15, 0.2) is 0 Å². The SMILES string of the molecule is CCc1c(C)nc(N)nc1NCCN1CCCC(CO)C1. The van der Waals surface area contributed by atoms with E-state index in [4.69, 9.17) is 5.73 Å². The smallest absolute Gasteiger partial charge is 0.222 e. The molecule has 1 aromatic rings. The summed E-state index contributed by atoms with van der Waals surface area (Å²) in [6.45, 7) is 8.27. The molecule has 6 nitrogen and oxygen atoms in total. The predicted molar refractivity (Wildman–Crippen MR) is 85.3 cm³/mol. The van der Waals surface area contributed by atoms with Crippen LogP contribution < -0.4 is 11.1 Å². The lowest BCUT2D eigenvalue weighted by molar-refractivity contribution is 0.123. The van der Waals surface area contributed by atoms with E-state index in [0.717, 1.165) is 56.1 Å². The second-order valence-corrected chi connectivity index (χ2v) is 5.77. The number of aliphatic hydroxyl groups is 1. The number of nitrogens with two attached hydrogens (primary N) is 1. The van der Waals surface area contributed by atoms with Gasteiger partial charge in [-0.05, 0) is 38.6 Å². The van der Waals surface area contributed by atoms with E-state index < -0.39 is 0 Å². The maximum Gasteiger partial charge on any atom is 0.222 e. The second-order valence-electron chi connectivity index (χ2n) is 5.77. The van der Waals surface area contributed by atoms with E-state index in [2.05, 4.69) is 27.1 Å². The first-order valence-electron chi connectivity index (χ1n) is 7.84. The molecule has 1 aliphatic heterocycles. The van der Waals surface area contributed by atoms with E-state index in [1.807, 2.05) is 6.92 Å². The van der Waals surface area contributed by atoms with Crippen molar-refractivity contribution >= 4 is 11.8 Å². The number of nitrogen functional groups attached to an aromatic ring is 1. The van der Waals surface area contributed by atoms with Crippen molar-refractivity contribution in [3.8, 4) is 0 Å². The monoisotopic (exact) mass is 293 g/mol. The Kier molecular flexibility index (Phi) is 5.76. The number of likely N-dealkylation sites (tertiary alicyclic amines) is 1. The molecular weight excluding hydrogens is 266 g/mol. The van der Waals surface area contributed by atoms with Crippen LogP contribution in [0, 0.1) is 12.8 Å². The minimum Gasteiger partial charge on any atom is -0.396 e. The summed E-state index contributed by atoms with van der Waals surface area (Å²) in [7, 11) is 0. The summed E-state index contributed by atoms with van der Waals surface area (Å²) in [4.78, 5) is 10.9. The summed E-state index contributed by atoms with van der Waals surface area (Å²) in [6, 6.07) is 0. The highest BCUT2D eigenvalue weighted by molar-refractivity contribution is 5.49. The molecule has 6 heteroatoms. The van der Waals surface area contributed by atoms with Gasteiger partial charge in [-0.2, -0.15) is 4.98 Å². The quantitative estimate of drug-likeness (QED) is 0.726. The Labute approximate surface area is 126 Å². The van der Waals surface area contributed by atoms with Gasteiger partial charge in [-0.25, -0.2) is 4.98 Å². The first-order valence-corrected chi connectivity index (χ1v) is 7.84. The van der Waals surface area contributed by atoms with Crippen LogP contribution in [-0.4, -0.2) is 52.8 Å². The molecule has 2 rings (SSSR count). The number of nitrogens with one attached hydrogen (secondary N) is 1. The second kappa shape index (κ2) is 7.56. The maximum atomic E-state index is 9.27. The fraction of sp³-hybridized carbons (Fsp3) is 0.733. The van der Waals surface area contributed by atoms with E-state index in [0.29, 0.717) is 18.5 Å². The molecule has 1 saturated heterocycles. The Morgan fingerprint density at radius 3 is 2.95 bits per heavy atom. The molecule has 1 aromatic heterocycles. The van der Waals surface area contributed by atoms with Gasteiger partial charge in [0, 0.05) is 37.5 Å². The van der Waals surface area contributed by atoms with Crippen molar-refractivity contribution in [2.75, 3.05) is 43.8 Å². The van der Waals surface area contributed by atoms with Gasteiger partial charge in [-0.15, -0.1) is 0 Å². The van der Waals surface area contributed by atoms with Gasteiger partial charge in [0.15, 0.2) is 0 Å². The fourth-order valence-electron chi connectivity index (χ4n) is 3.02. The average Bonchev–Trinajstić information content (AvgIpc) is 2.47. The van der Waals surface area contributed by atoms with Gasteiger partial charge in [0.05, 0.1) is 0 Å². The van der Waals surface area contributed by atoms with Gasteiger partial charge in [-0.3, -0.25) is 0 Å². The predicted octanol–water partition coefficient (Wildman–Crippen LogP) is 1.05. The van der Waals surface area contributed by atoms with Crippen LogP contribution in [0.25, 0.3) is 0 Å². The zero-order chi connectivity index (χ0) is 15.2. The molecule has 0 amide bonds. The maximum absolute atomic E-state index is 9.27.